The summed E-state index contributed by atoms with van der Waals surface area (Å²) in [5.74, 6) is 0.632. The predicted octanol–water partition coefficient (Wildman–Crippen LogP) is 0.910. The highest BCUT2D eigenvalue weighted by Gasteiger charge is 2.56. The summed E-state index contributed by atoms with van der Waals surface area (Å²) in [5.41, 5.74) is 0. The molecule has 13 heavy (non-hydrogen) atoms. The molecule has 74 valence electrons. The monoisotopic (exact) mass is 184 g/mol. The third-order valence-electron chi connectivity index (χ3n) is 3.95. The summed E-state index contributed by atoms with van der Waals surface area (Å²) in [4.78, 5) is 0. The maximum atomic E-state index is 9.73. The molecule has 0 aromatic carbocycles. The first-order valence-electron chi connectivity index (χ1n) is 5.28. The molecule has 1 saturated heterocycles. The zero-order valence-corrected chi connectivity index (χ0v) is 7.74. The van der Waals surface area contributed by atoms with Crippen LogP contribution in [0.3, 0.4) is 0 Å². The van der Waals surface area contributed by atoms with Gasteiger partial charge in [0, 0.05) is 12.3 Å². The minimum Gasteiger partial charge on any atom is -0.393 e. The highest BCUT2D eigenvalue weighted by molar-refractivity contribution is 5.00. The van der Waals surface area contributed by atoms with Gasteiger partial charge >= 0.3 is 0 Å². The molecule has 1 aliphatic heterocycles. The molecular formula is C10H16O3. The molecule has 0 radical (unpaired) electrons. The first-order chi connectivity index (χ1) is 6.32. The molecular weight excluding hydrogens is 168 g/mol. The molecule has 1 heterocycles. The largest absolute Gasteiger partial charge is 0.393 e. The highest BCUT2D eigenvalue weighted by atomic mass is 16.7. The topological polar surface area (TPSA) is 38.7 Å². The van der Waals surface area contributed by atoms with E-state index in [-0.39, 0.29) is 11.9 Å². The minimum absolute atomic E-state index is 0.0998. The molecule has 1 N–H and O–H groups in total. The lowest BCUT2D eigenvalue weighted by atomic mass is 9.61. The van der Waals surface area contributed by atoms with Gasteiger partial charge in [-0.2, -0.15) is 0 Å². The lowest BCUT2D eigenvalue weighted by molar-refractivity contribution is -0.265. The minimum atomic E-state index is -0.290. The zero-order chi connectivity index (χ0) is 8.89. The average molecular weight is 184 g/mol. The molecule has 1 spiro atoms. The second-order valence-corrected chi connectivity index (χ2v) is 4.46. The Hall–Kier alpha value is -0.120. The Labute approximate surface area is 78.0 Å². The second-order valence-electron chi connectivity index (χ2n) is 4.46. The number of hydrogen-bond donors (Lipinski definition) is 1. The summed E-state index contributed by atoms with van der Waals surface area (Å²) in [6, 6.07) is 0. The van der Waals surface area contributed by atoms with Crippen molar-refractivity contribution in [1.29, 1.82) is 0 Å². The van der Waals surface area contributed by atoms with Crippen LogP contribution in [0.5, 0.6) is 0 Å². The number of rotatable bonds is 0. The predicted molar refractivity (Wildman–Crippen MR) is 46.1 cm³/mol. The molecule has 3 rings (SSSR count). The van der Waals surface area contributed by atoms with Crippen molar-refractivity contribution in [3.8, 4) is 0 Å². The van der Waals surface area contributed by atoms with Crippen LogP contribution in [-0.2, 0) is 9.47 Å². The SMILES string of the molecule is OC1CCC2(OCCO2)C2CCC12. The number of ether oxygens (including phenoxy) is 2. The van der Waals surface area contributed by atoms with E-state index < -0.39 is 0 Å². The van der Waals surface area contributed by atoms with Gasteiger partial charge < -0.3 is 14.6 Å². The molecule has 0 bridgehead atoms. The molecule has 0 aromatic heterocycles. The van der Waals surface area contributed by atoms with E-state index in [0.29, 0.717) is 11.8 Å². The van der Waals surface area contributed by atoms with Crippen LogP contribution in [0.1, 0.15) is 25.7 Å². The Morgan fingerprint density at radius 1 is 1.08 bits per heavy atom. The normalized spacial score (nSPS) is 47.3. The Morgan fingerprint density at radius 2 is 1.85 bits per heavy atom. The Morgan fingerprint density at radius 3 is 2.46 bits per heavy atom. The second kappa shape index (κ2) is 2.69. The first kappa shape index (κ1) is 8.21. The number of hydrogen-bond acceptors (Lipinski definition) is 3. The van der Waals surface area contributed by atoms with Crippen molar-refractivity contribution in [3.63, 3.8) is 0 Å². The van der Waals surface area contributed by atoms with Gasteiger partial charge in [0.05, 0.1) is 19.3 Å². The molecule has 0 amide bonds. The van der Waals surface area contributed by atoms with Crippen molar-refractivity contribution in [2.24, 2.45) is 11.8 Å². The van der Waals surface area contributed by atoms with Crippen LogP contribution in [-0.4, -0.2) is 30.2 Å². The van der Waals surface area contributed by atoms with Crippen LogP contribution in [0, 0.1) is 11.8 Å². The fraction of sp³-hybridized carbons (Fsp3) is 1.00. The number of aliphatic hydroxyl groups is 1. The van der Waals surface area contributed by atoms with Crippen LogP contribution in [0.2, 0.25) is 0 Å². The molecule has 3 fully saturated rings. The smallest absolute Gasteiger partial charge is 0.171 e. The van der Waals surface area contributed by atoms with Crippen molar-refractivity contribution in [2.45, 2.75) is 37.6 Å². The van der Waals surface area contributed by atoms with Gasteiger partial charge in [-0.15, -0.1) is 0 Å². The summed E-state index contributed by atoms with van der Waals surface area (Å²) >= 11 is 0. The van der Waals surface area contributed by atoms with Crippen molar-refractivity contribution in [3.05, 3.63) is 0 Å². The van der Waals surface area contributed by atoms with Crippen LogP contribution >= 0.6 is 0 Å². The molecule has 2 saturated carbocycles. The van der Waals surface area contributed by atoms with E-state index in [9.17, 15) is 5.11 Å². The van der Waals surface area contributed by atoms with Crippen LogP contribution in [0.25, 0.3) is 0 Å². The van der Waals surface area contributed by atoms with E-state index in [0.717, 1.165) is 32.5 Å². The maximum absolute atomic E-state index is 9.73. The van der Waals surface area contributed by atoms with E-state index in [1.807, 2.05) is 0 Å². The molecule has 3 nitrogen and oxygen atoms in total. The fourth-order valence-corrected chi connectivity index (χ4v) is 3.11. The molecule has 3 atom stereocenters. The molecule has 3 heteroatoms. The number of fused-ring (bicyclic) bond motifs is 2. The summed E-state index contributed by atoms with van der Waals surface area (Å²) in [7, 11) is 0. The van der Waals surface area contributed by atoms with Gasteiger partial charge in [-0.3, -0.25) is 0 Å². The van der Waals surface area contributed by atoms with Crippen molar-refractivity contribution >= 4 is 0 Å². The van der Waals surface area contributed by atoms with E-state index in [2.05, 4.69) is 0 Å². The summed E-state index contributed by atoms with van der Waals surface area (Å²) in [5, 5.41) is 9.73. The highest BCUT2D eigenvalue weighted by Crippen LogP contribution is 2.53. The van der Waals surface area contributed by atoms with Crippen molar-refractivity contribution in [1.82, 2.24) is 0 Å². The molecule has 0 aromatic rings. The van der Waals surface area contributed by atoms with Crippen LogP contribution < -0.4 is 0 Å². The Balaban J connectivity index is 1.82. The standard InChI is InChI=1S/C10H16O3/c11-9-3-4-10(12-5-6-13-10)8-2-1-7(8)9/h7-9,11H,1-6H2. The van der Waals surface area contributed by atoms with Crippen molar-refractivity contribution in [2.75, 3.05) is 13.2 Å². The zero-order valence-electron chi connectivity index (χ0n) is 7.74. The maximum Gasteiger partial charge on any atom is 0.171 e. The number of aliphatic hydroxyl groups excluding tert-OH is 1. The lowest BCUT2D eigenvalue weighted by Gasteiger charge is -2.52. The third-order valence-corrected chi connectivity index (χ3v) is 3.95. The van der Waals surface area contributed by atoms with E-state index in [4.69, 9.17) is 9.47 Å². The van der Waals surface area contributed by atoms with Crippen molar-refractivity contribution < 1.29 is 14.6 Å². The fourth-order valence-electron chi connectivity index (χ4n) is 3.11. The van der Waals surface area contributed by atoms with Crippen LogP contribution in [0.4, 0.5) is 0 Å². The van der Waals surface area contributed by atoms with Gasteiger partial charge in [-0.25, -0.2) is 0 Å². The Kier molecular flexibility index (Phi) is 1.70. The van der Waals surface area contributed by atoms with Crippen LogP contribution in [0.15, 0.2) is 0 Å². The van der Waals surface area contributed by atoms with Gasteiger partial charge in [0.2, 0.25) is 0 Å². The Bertz CT molecular complexity index is 210. The van der Waals surface area contributed by atoms with E-state index in [1.165, 1.54) is 6.42 Å². The molecule has 2 aliphatic carbocycles. The van der Waals surface area contributed by atoms with E-state index in [1.54, 1.807) is 0 Å². The molecule has 3 unspecified atom stereocenters. The van der Waals surface area contributed by atoms with Gasteiger partial charge in [0.15, 0.2) is 5.79 Å². The van der Waals surface area contributed by atoms with Gasteiger partial charge in [-0.1, -0.05) is 0 Å². The summed E-state index contributed by atoms with van der Waals surface area (Å²) < 4.78 is 11.5. The first-order valence-corrected chi connectivity index (χ1v) is 5.28. The lowest BCUT2D eigenvalue weighted by Crippen LogP contribution is -2.55. The van der Waals surface area contributed by atoms with Gasteiger partial charge in [0.1, 0.15) is 0 Å². The van der Waals surface area contributed by atoms with Gasteiger partial charge in [0.25, 0.3) is 0 Å². The third kappa shape index (κ3) is 1.01. The summed E-state index contributed by atoms with van der Waals surface area (Å²) in [6.45, 7) is 1.47. The summed E-state index contributed by atoms with van der Waals surface area (Å²) in [6.07, 6.45) is 3.95. The van der Waals surface area contributed by atoms with Gasteiger partial charge in [-0.05, 0) is 25.2 Å². The molecule has 3 aliphatic rings. The van der Waals surface area contributed by atoms with E-state index >= 15 is 0 Å². The quantitative estimate of drug-likeness (QED) is 0.608. The average Bonchev–Trinajstić information content (AvgIpc) is 2.46.